The Morgan fingerprint density at radius 2 is 1.85 bits per heavy atom. The summed E-state index contributed by atoms with van der Waals surface area (Å²) >= 11 is 0. The molecule has 20 heavy (non-hydrogen) atoms. The van der Waals surface area contributed by atoms with Gasteiger partial charge in [0.15, 0.2) is 0 Å². The van der Waals surface area contributed by atoms with Gasteiger partial charge in [0.05, 0.1) is 11.0 Å². The highest BCUT2D eigenvalue weighted by atomic mass is 19.1. The van der Waals surface area contributed by atoms with Crippen LogP contribution in [0.2, 0.25) is 0 Å². The molecule has 104 valence electrons. The lowest BCUT2D eigenvalue weighted by Crippen LogP contribution is -2.01. The molecule has 4 nitrogen and oxygen atoms in total. The molecule has 0 amide bonds. The van der Waals surface area contributed by atoms with Crippen LogP contribution < -0.4 is 5.32 Å². The second-order valence-electron chi connectivity index (χ2n) is 4.48. The Kier molecular flexibility index (Phi) is 4.30. The van der Waals surface area contributed by atoms with Crippen LogP contribution in [0.4, 0.5) is 15.8 Å². The summed E-state index contributed by atoms with van der Waals surface area (Å²) in [7, 11) is 0. The Balaban J connectivity index is 2.08. The molecule has 0 atom stereocenters. The molecule has 0 radical (unpaired) electrons. The van der Waals surface area contributed by atoms with Crippen molar-refractivity contribution in [2.24, 2.45) is 0 Å². The maximum atomic E-state index is 13.3. The Morgan fingerprint density at radius 3 is 2.45 bits per heavy atom. The lowest BCUT2D eigenvalue weighted by Gasteiger charge is -2.07. The SMILES string of the molecule is CCc1ccc(NCc2cc(F)cc([N+](=O)[O-])c2)cc1. The first-order valence-electron chi connectivity index (χ1n) is 6.35. The van der Waals surface area contributed by atoms with Gasteiger partial charge in [-0.05, 0) is 35.7 Å². The fourth-order valence-corrected chi connectivity index (χ4v) is 1.90. The average Bonchev–Trinajstić information content (AvgIpc) is 2.45. The third-order valence-electron chi connectivity index (χ3n) is 3.01. The van der Waals surface area contributed by atoms with Gasteiger partial charge in [-0.15, -0.1) is 0 Å². The molecule has 1 N–H and O–H groups in total. The van der Waals surface area contributed by atoms with Gasteiger partial charge in [-0.3, -0.25) is 10.1 Å². The minimum absolute atomic E-state index is 0.233. The highest BCUT2D eigenvalue weighted by Gasteiger charge is 2.09. The number of nitrogens with zero attached hydrogens (tertiary/aromatic N) is 1. The zero-order chi connectivity index (χ0) is 14.5. The van der Waals surface area contributed by atoms with Crippen LogP contribution in [0.3, 0.4) is 0 Å². The molecule has 0 fully saturated rings. The molecule has 0 aromatic heterocycles. The zero-order valence-corrected chi connectivity index (χ0v) is 11.1. The number of nitrogens with one attached hydrogen (secondary N) is 1. The summed E-state index contributed by atoms with van der Waals surface area (Å²) in [5.74, 6) is -0.600. The molecule has 0 aliphatic carbocycles. The fourth-order valence-electron chi connectivity index (χ4n) is 1.90. The van der Waals surface area contributed by atoms with E-state index in [9.17, 15) is 14.5 Å². The first-order chi connectivity index (χ1) is 9.58. The van der Waals surface area contributed by atoms with Crippen molar-refractivity contribution < 1.29 is 9.31 Å². The molecule has 0 unspecified atom stereocenters. The molecule has 0 spiro atoms. The van der Waals surface area contributed by atoms with Crippen molar-refractivity contribution in [1.29, 1.82) is 0 Å². The predicted octanol–water partition coefficient (Wildman–Crippen LogP) is 3.91. The van der Waals surface area contributed by atoms with Gasteiger partial charge in [-0.1, -0.05) is 19.1 Å². The number of non-ortho nitro benzene ring substituents is 1. The summed E-state index contributed by atoms with van der Waals surface area (Å²) in [4.78, 5) is 10.1. The lowest BCUT2D eigenvalue weighted by atomic mass is 10.1. The summed E-state index contributed by atoms with van der Waals surface area (Å²) in [6.45, 7) is 2.42. The first-order valence-corrected chi connectivity index (χ1v) is 6.35. The molecule has 0 aliphatic rings. The Bertz CT molecular complexity index is 612. The van der Waals surface area contributed by atoms with Gasteiger partial charge in [0.25, 0.3) is 5.69 Å². The number of nitro benzene ring substituents is 1. The molecule has 0 aliphatic heterocycles. The van der Waals surface area contributed by atoms with Crippen LogP contribution in [0.1, 0.15) is 18.1 Å². The van der Waals surface area contributed by atoms with E-state index in [-0.39, 0.29) is 5.69 Å². The molecule has 2 rings (SSSR count). The third kappa shape index (κ3) is 3.54. The van der Waals surface area contributed by atoms with Crippen molar-refractivity contribution in [2.75, 3.05) is 5.32 Å². The molecule has 2 aromatic carbocycles. The van der Waals surface area contributed by atoms with Crippen molar-refractivity contribution in [3.8, 4) is 0 Å². The van der Waals surface area contributed by atoms with Gasteiger partial charge < -0.3 is 5.32 Å². The second kappa shape index (κ2) is 6.14. The van der Waals surface area contributed by atoms with Gasteiger partial charge in [-0.2, -0.15) is 0 Å². The lowest BCUT2D eigenvalue weighted by molar-refractivity contribution is -0.385. The summed E-state index contributed by atoms with van der Waals surface area (Å²) in [6, 6.07) is 11.5. The van der Waals surface area contributed by atoms with Crippen LogP contribution in [0, 0.1) is 15.9 Å². The van der Waals surface area contributed by atoms with E-state index in [1.165, 1.54) is 17.7 Å². The van der Waals surface area contributed by atoms with Crippen molar-refractivity contribution in [1.82, 2.24) is 0 Å². The van der Waals surface area contributed by atoms with E-state index < -0.39 is 10.7 Å². The molecule has 2 aromatic rings. The summed E-state index contributed by atoms with van der Waals surface area (Å²) in [5.41, 5.74) is 2.44. The monoisotopic (exact) mass is 274 g/mol. The fraction of sp³-hybridized carbons (Fsp3) is 0.200. The van der Waals surface area contributed by atoms with Crippen molar-refractivity contribution >= 4 is 11.4 Å². The summed E-state index contributed by atoms with van der Waals surface area (Å²) in [5, 5.41) is 13.8. The normalized spacial score (nSPS) is 10.3. The smallest absolute Gasteiger partial charge is 0.272 e. The van der Waals surface area contributed by atoms with Crippen LogP contribution in [0.25, 0.3) is 0 Å². The first kappa shape index (κ1) is 14.0. The number of hydrogen-bond acceptors (Lipinski definition) is 3. The van der Waals surface area contributed by atoms with Gasteiger partial charge in [0, 0.05) is 18.3 Å². The molecule has 0 saturated carbocycles. The minimum Gasteiger partial charge on any atom is -0.381 e. The van der Waals surface area contributed by atoms with E-state index in [0.29, 0.717) is 12.1 Å². The van der Waals surface area contributed by atoms with Crippen LogP contribution in [0.5, 0.6) is 0 Å². The number of rotatable bonds is 5. The van der Waals surface area contributed by atoms with Gasteiger partial charge in [0.1, 0.15) is 5.82 Å². The van der Waals surface area contributed by atoms with Crippen molar-refractivity contribution in [3.05, 3.63) is 69.5 Å². The zero-order valence-electron chi connectivity index (χ0n) is 11.1. The number of benzene rings is 2. The Labute approximate surface area is 116 Å². The van der Waals surface area contributed by atoms with E-state index in [2.05, 4.69) is 12.2 Å². The third-order valence-corrected chi connectivity index (χ3v) is 3.01. The maximum Gasteiger partial charge on any atom is 0.272 e. The number of nitro groups is 1. The standard InChI is InChI=1S/C15H15FN2O2/c1-2-11-3-5-14(6-4-11)17-10-12-7-13(16)9-15(8-12)18(19)20/h3-9,17H,2,10H2,1H3. The number of anilines is 1. The number of halogens is 1. The molecular formula is C15H15FN2O2. The Hall–Kier alpha value is -2.43. The second-order valence-corrected chi connectivity index (χ2v) is 4.48. The quantitative estimate of drug-likeness (QED) is 0.664. The van der Waals surface area contributed by atoms with Gasteiger partial charge in [0.2, 0.25) is 0 Å². The Morgan fingerprint density at radius 1 is 1.15 bits per heavy atom. The largest absolute Gasteiger partial charge is 0.381 e. The van der Waals surface area contributed by atoms with E-state index >= 15 is 0 Å². The minimum atomic E-state index is -0.600. The molecule has 0 saturated heterocycles. The maximum absolute atomic E-state index is 13.3. The van der Waals surface area contributed by atoms with Gasteiger partial charge in [-0.25, -0.2) is 4.39 Å². The highest BCUT2D eigenvalue weighted by Crippen LogP contribution is 2.18. The molecule has 5 heteroatoms. The predicted molar refractivity (Wildman–Crippen MR) is 76.2 cm³/mol. The van der Waals surface area contributed by atoms with E-state index in [1.807, 2.05) is 24.3 Å². The summed E-state index contributed by atoms with van der Waals surface area (Å²) in [6.07, 6.45) is 0.969. The topological polar surface area (TPSA) is 55.2 Å². The molecule has 0 bridgehead atoms. The van der Waals surface area contributed by atoms with E-state index in [0.717, 1.165) is 18.2 Å². The molecular weight excluding hydrogens is 259 g/mol. The van der Waals surface area contributed by atoms with Crippen molar-refractivity contribution in [2.45, 2.75) is 19.9 Å². The highest BCUT2D eigenvalue weighted by molar-refractivity contribution is 5.46. The van der Waals surface area contributed by atoms with Crippen LogP contribution in [-0.4, -0.2) is 4.92 Å². The van der Waals surface area contributed by atoms with Crippen molar-refractivity contribution in [3.63, 3.8) is 0 Å². The van der Waals surface area contributed by atoms with Crippen LogP contribution in [-0.2, 0) is 13.0 Å². The average molecular weight is 274 g/mol. The van der Waals surface area contributed by atoms with E-state index in [4.69, 9.17) is 0 Å². The molecule has 0 heterocycles. The number of hydrogen-bond donors (Lipinski definition) is 1. The van der Waals surface area contributed by atoms with E-state index in [1.54, 1.807) is 0 Å². The summed E-state index contributed by atoms with van der Waals surface area (Å²) < 4.78 is 13.3. The van der Waals surface area contributed by atoms with Crippen LogP contribution >= 0.6 is 0 Å². The van der Waals surface area contributed by atoms with Crippen LogP contribution in [0.15, 0.2) is 42.5 Å². The number of aryl methyl sites for hydroxylation is 1. The van der Waals surface area contributed by atoms with Gasteiger partial charge >= 0.3 is 0 Å².